The van der Waals surface area contributed by atoms with Gasteiger partial charge in [-0.3, -0.25) is 0 Å². The molecule has 190 valence electrons. The van der Waals surface area contributed by atoms with Crippen molar-refractivity contribution in [1.82, 2.24) is 0 Å². The second-order valence-electron chi connectivity index (χ2n) is 9.68. The van der Waals surface area contributed by atoms with Crippen LogP contribution in [0.1, 0.15) is 41.5 Å². The predicted molar refractivity (Wildman–Crippen MR) is 110 cm³/mol. The summed E-state index contributed by atoms with van der Waals surface area (Å²) in [5.41, 5.74) is -1.67. The third kappa shape index (κ3) is 5.28. The molecule has 0 spiro atoms. The van der Waals surface area contributed by atoms with E-state index in [1.54, 1.807) is 27.7 Å². The monoisotopic (exact) mass is 468 g/mol. The lowest BCUT2D eigenvalue weighted by atomic mass is 9.89. The van der Waals surface area contributed by atoms with E-state index in [0.717, 1.165) is 0 Å². The molecule has 0 aromatic rings. The molecule has 32 heavy (non-hydrogen) atoms. The first-order valence-electron chi connectivity index (χ1n) is 11.0. The Kier molecular flexibility index (Phi) is 9.08. The maximum atomic E-state index is 10.7. The van der Waals surface area contributed by atoms with Crippen LogP contribution < -0.4 is 0 Å². The van der Waals surface area contributed by atoms with E-state index in [1.165, 1.54) is 13.8 Å². The lowest BCUT2D eigenvalue weighted by molar-refractivity contribution is -0.384. The minimum Gasteiger partial charge on any atom is -0.393 e. The largest absolute Gasteiger partial charge is 0.393 e. The summed E-state index contributed by atoms with van der Waals surface area (Å²) in [6, 6.07) is 0. The van der Waals surface area contributed by atoms with Gasteiger partial charge >= 0.3 is 0 Å². The molecule has 2 saturated heterocycles. The van der Waals surface area contributed by atoms with Gasteiger partial charge in [-0.15, -0.1) is 0 Å². The smallest absolute Gasteiger partial charge is 0.224 e. The average molecular weight is 469 g/mol. The minimum atomic E-state index is -2.05. The van der Waals surface area contributed by atoms with Crippen molar-refractivity contribution in [2.24, 2.45) is 11.8 Å². The van der Waals surface area contributed by atoms with Crippen molar-refractivity contribution in [3.63, 3.8) is 0 Å². The lowest BCUT2D eigenvalue weighted by Crippen LogP contribution is -2.61. The number of aliphatic hydroxyl groups excluding tert-OH is 7. The SMILES string of the molecule is CC(C)C(O)C(O)[C@@](C)(CO)OC[C@@]1(O[C@H]2OC(C)[C@@H](C)C(O)C2O)O[C@H](C)C(O)C1O. The summed E-state index contributed by atoms with van der Waals surface area (Å²) in [7, 11) is 0. The third-order valence-electron chi connectivity index (χ3n) is 6.76. The Bertz CT molecular complexity index is 606. The number of ether oxygens (including phenoxy) is 4. The number of hydrogen-bond donors (Lipinski definition) is 7. The summed E-state index contributed by atoms with van der Waals surface area (Å²) >= 11 is 0. The van der Waals surface area contributed by atoms with Crippen LogP contribution in [0.2, 0.25) is 0 Å². The highest BCUT2D eigenvalue weighted by Gasteiger charge is 2.58. The Morgan fingerprint density at radius 2 is 1.56 bits per heavy atom. The number of rotatable bonds is 9. The van der Waals surface area contributed by atoms with E-state index in [1.807, 2.05) is 0 Å². The molecule has 0 amide bonds. The molecule has 11 heteroatoms. The predicted octanol–water partition coefficient (Wildman–Crippen LogP) is -1.91. The average Bonchev–Trinajstić information content (AvgIpc) is 2.96. The van der Waals surface area contributed by atoms with Gasteiger partial charge < -0.3 is 54.7 Å². The summed E-state index contributed by atoms with van der Waals surface area (Å²) in [5, 5.41) is 72.5. The molecule has 0 aromatic carbocycles. The van der Waals surface area contributed by atoms with Crippen molar-refractivity contribution in [2.75, 3.05) is 13.2 Å². The van der Waals surface area contributed by atoms with Gasteiger partial charge in [0.15, 0.2) is 6.29 Å². The fourth-order valence-electron chi connectivity index (χ4n) is 3.90. The van der Waals surface area contributed by atoms with Crippen molar-refractivity contribution in [2.45, 2.75) is 108 Å². The van der Waals surface area contributed by atoms with Crippen molar-refractivity contribution in [3.05, 3.63) is 0 Å². The van der Waals surface area contributed by atoms with Gasteiger partial charge in [0, 0.05) is 5.92 Å². The van der Waals surface area contributed by atoms with Gasteiger partial charge in [-0.05, 0) is 26.7 Å². The quantitative estimate of drug-likeness (QED) is 0.201. The molecule has 12 atom stereocenters. The van der Waals surface area contributed by atoms with E-state index in [-0.39, 0.29) is 11.8 Å². The number of hydrogen-bond acceptors (Lipinski definition) is 11. The normalized spacial score (nSPS) is 44.4. The Morgan fingerprint density at radius 1 is 0.969 bits per heavy atom. The van der Waals surface area contributed by atoms with E-state index in [4.69, 9.17) is 18.9 Å². The first kappa shape index (κ1) is 27.8. The van der Waals surface area contributed by atoms with E-state index in [9.17, 15) is 35.7 Å². The minimum absolute atomic E-state index is 0.337. The van der Waals surface area contributed by atoms with Crippen molar-refractivity contribution >= 4 is 0 Å². The van der Waals surface area contributed by atoms with Gasteiger partial charge in [0.1, 0.15) is 36.6 Å². The van der Waals surface area contributed by atoms with Gasteiger partial charge in [0.2, 0.25) is 5.79 Å². The summed E-state index contributed by atoms with van der Waals surface area (Å²) < 4.78 is 22.9. The van der Waals surface area contributed by atoms with Crippen LogP contribution >= 0.6 is 0 Å². The first-order chi connectivity index (χ1) is 14.7. The fourth-order valence-corrected chi connectivity index (χ4v) is 3.90. The molecule has 11 nitrogen and oxygen atoms in total. The zero-order chi connectivity index (χ0) is 24.6. The van der Waals surface area contributed by atoms with Crippen LogP contribution in [0.25, 0.3) is 0 Å². The Labute approximate surface area is 188 Å². The standard InChI is InChI=1S/C21H40O11/c1-9(2)13(23)17(27)20(6,7-22)29-8-21(18(28)15(25)12(5)31-21)32-19-16(26)14(24)10(3)11(4)30-19/h9-19,22-28H,7-8H2,1-6H3/t10-,11?,12-,13?,14?,15?,16?,17?,18?,19-,20-,21+/m1/s1. The van der Waals surface area contributed by atoms with Crippen LogP contribution in [-0.4, -0.2) is 115 Å². The van der Waals surface area contributed by atoms with E-state index in [2.05, 4.69) is 0 Å². The van der Waals surface area contributed by atoms with Gasteiger partial charge in [0.25, 0.3) is 0 Å². The number of aliphatic hydroxyl groups is 7. The first-order valence-corrected chi connectivity index (χ1v) is 11.0. The molecule has 0 aliphatic carbocycles. The zero-order valence-corrected chi connectivity index (χ0v) is 19.5. The maximum absolute atomic E-state index is 10.7. The molecular weight excluding hydrogens is 428 g/mol. The molecule has 0 bridgehead atoms. The molecule has 2 aliphatic heterocycles. The summed E-state index contributed by atoms with van der Waals surface area (Å²) in [6.45, 7) is 8.36. The third-order valence-corrected chi connectivity index (χ3v) is 6.76. The molecule has 2 rings (SSSR count). The van der Waals surface area contributed by atoms with Crippen molar-refractivity contribution in [1.29, 1.82) is 0 Å². The van der Waals surface area contributed by atoms with Crippen LogP contribution in [0.4, 0.5) is 0 Å². The van der Waals surface area contributed by atoms with Crippen LogP contribution in [0, 0.1) is 11.8 Å². The Balaban J connectivity index is 2.28. The van der Waals surface area contributed by atoms with Gasteiger partial charge in [0.05, 0.1) is 31.0 Å². The molecule has 0 aromatic heterocycles. The van der Waals surface area contributed by atoms with Gasteiger partial charge in [-0.2, -0.15) is 0 Å². The van der Waals surface area contributed by atoms with Crippen LogP contribution in [-0.2, 0) is 18.9 Å². The fraction of sp³-hybridized carbons (Fsp3) is 1.00. The highest BCUT2D eigenvalue weighted by atomic mass is 16.8. The molecule has 2 fully saturated rings. The van der Waals surface area contributed by atoms with Crippen molar-refractivity contribution in [3.8, 4) is 0 Å². The maximum Gasteiger partial charge on any atom is 0.224 e. The van der Waals surface area contributed by atoms with Crippen molar-refractivity contribution < 1.29 is 54.7 Å². The highest BCUT2D eigenvalue weighted by molar-refractivity contribution is 4.99. The molecule has 2 aliphatic rings. The summed E-state index contributed by atoms with van der Waals surface area (Å²) in [6.07, 6.45) is -11.2. The lowest BCUT2D eigenvalue weighted by Gasteiger charge is -2.45. The van der Waals surface area contributed by atoms with Gasteiger partial charge in [-0.1, -0.05) is 20.8 Å². The van der Waals surface area contributed by atoms with Crippen LogP contribution in [0.3, 0.4) is 0 Å². The molecule has 0 radical (unpaired) electrons. The Morgan fingerprint density at radius 3 is 2.03 bits per heavy atom. The van der Waals surface area contributed by atoms with E-state index < -0.39 is 79.7 Å². The summed E-state index contributed by atoms with van der Waals surface area (Å²) in [5.74, 6) is -2.78. The van der Waals surface area contributed by atoms with E-state index >= 15 is 0 Å². The van der Waals surface area contributed by atoms with Gasteiger partial charge in [-0.25, -0.2) is 0 Å². The molecular formula is C21H40O11. The molecule has 2 heterocycles. The topological polar surface area (TPSA) is 179 Å². The second kappa shape index (κ2) is 10.4. The molecule has 7 unspecified atom stereocenters. The molecule has 0 saturated carbocycles. The van der Waals surface area contributed by atoms with Crippen LogP contribution in [0.15, 0.2) is 0 Å². The second-order valence-corrected chi connectivity index (χ2v) is 9.68. The zero-order valence-electron chi connectivity index (χ0n) is 19.5. The molecule has 7 N–H and O–H groups in total. The Hall–Kier alpha value is -0.440. The summed E-state index contributed by atoms with van der Waals surface area (Å²) in [4.78, 5) is 0. The van der Waals surface area contributed by atoms with Crippen LogP contribution in [0.5, 0.6) is 0 Å². The van der Waals surface area contributed by atoms with E-state index in [0.29, 0.717) is 0 Å². The highest BCUT2D eigenvalue weighted by Crippen LogP contribution is 2.38.